The maximum atomic E-state index is 3.86. The number of benzene rings is 1. The van der Waals surface area contributed by atoms with Crippen molar-refractivity contribution in [3.8, 4) is 19.5 Å². The van der Waals surface area contributed by atoms with Gasteiger partial charge in [-0.1, -0.05) is 12.7 Å². The predicted molar refractivity (Wildman–Crippen MR) is 119 cm³/mol. The highest BCUT2D eigenvalue weighted by Crippen LogP contribution is 2.42. The molecular formula is C21H14S4. The molecule has 25 heavy (non-hydrogen) atoms. The lowest BCUT2D eigenvalue weighted by Gasteiger charge is -1.89. The van der Waals surface area contributed by atoms with E-state index in [9.17, 15) is 0 Å². The molecule has 0 aliphatic carbocycles. The predicted octanol–water partition coefficient (Wildman–Crippen LogP) is 8.52. The zero-order valence-electron chi connectivity index (χ0n) is 13.5. The van der Waals surface area contributed by atoms with Crippen LogP contribution in [0.2, 0.25) is 0 Å². The van der Waals surface area contributed by atoms with Crippen molar-refractivity contribution in [1.82, 2.24) is 0 Å². The lowest BCUT2D eigenvalue weighted by molar-refractivity contribution is 1.64. The zero-order valence-corrected chi connectivity index (χ0v) is 16.8. The maximum absolute atomic E-state index is 3.86. The van der Waals surface area contributed by atoms with Gasteiger partial charge >= 0.3 is 0 Å². The van der Waals surface area contributed by atoms with Gasteiger partial charge in [-0.15, -0.1) is 45.3 Å². The van der Waals surface area contributed by atoms with Gasteiger partial charge in [-0.2, -0.15) is 0 Å². The Morgan fingerprint density at radius 2 is 1.28 bits per heavy atom. The van der Waals surface area contributed by atoms with E-state index in [2.05, 4.69) is 62.0 Å². The van der Waals surface area contributed by atoms with Crippen molar-refractivity contribution in [2.24, 2.45) is 0 Å². The van der Waals surface area contributed by atoms with E-state index in [4.69, 9.17) is 0 Å². The van der Waals surface area contributed by atoms with Crippen LogP contribution in [0.4, 0.5) is 0 Å². The summed E-state index contributed by atoms with van der Waals surface area (Å²) < 4.78 is 2.73. The third kappa shape index (κ3) is 2.70. The molecule has 0 radical (unpaired) electrons. The molecule has 4 heteroatoms. The van der Waals surface area contributed by atoms with Crippen LogP contribution in [-0.4, -0.2) is 0 Å². The molecule has 5 aromatic rings. The van der Waals surface area contributed by atoms with Crippen molar-refractivity contribution in [3.05, 3.63) is 64.9 Å². The number of rotatable bonds is 3. The van der Waals surface area contributed by atoms with E-state index in [1.54, 1.807) is 11.3 Å². The molecule has 0 unspecified atom stereocenters. The van der Waals surface area contributed by atoms with Gasteiger partial charge in [0.05, 0.1) is 0 Å². The summed E-state index contributed by atoms with van der Waals surface area (Å²) in [6, 6.07) is 18.1. The summed E-state index contributed by atoms with van der Waals surface area (Å²) in [5.41, 5.74) is 0. The molecule has 0 saturated heterocycles. The van der Waals surface area contributed by atoms with Gasteiger partial charge in [0.15, 0.2) is 0 Å². The van der Waals surface area contributed by atoms with E-state index in [-0.39, 0.29) is 0 Å². The summed E-state index contributed by atoms with van der Waals surface area (Å²) in [6.45, 7) is 6.03. The molecule has 0 N–H and O–H groups in total. The minimum absolute atomic E-state index is 1.23. The van der Waals surface area contributed by atoms with Gasteiger partial charge in [0.1, 0.15) is 0 Å². The second kappa shape index (κ2) is 5.92. The third-order valence-electron chi connectivity index (χ3n) is 4.21. The lowest BCUT2D eigenvalue weighted by atomic mass is 10.2. The van der Waals surface area contributed by atoms with Crippen LogP contribution in [0.1, 0.15) is 9.75 Å². The Labute approximate surface area is 162 Å². The van der Waals surface area contributed by atoms with Gasteiger partial charge in [0.25, 0.3) is 0 Å². The van der Waals surface area contributed by atoms with Crippen LogP contribution in [-0.2, 0) is 0 Å². The van der Waals surface area contributed by atoms with Gasteiger partial charge in [-0.25, -0.2) is 0 Å². The Bertz CT molecular complexity index is 1170. The van der Waals surface area contributed by atoms with Crippen LogP contribution in [0, 0.1) is 6.92 Å². The fourth-order valence-corrected chi connectivity index (χ4v) is 7.05. The van der Waals surface area contributed by atoms with Crippen LogP contribution >= 0.6 is 45.3 Å². The van der Waals surface area contributed by atoms with Gasteiger partial charge in [-0.3, -0.25) is 0 Å². The number of hydrogen-bond acceptors (Lipinski definition) is 4. The van der Waals surface area contributed by atoms with Gasteiger partial charge in [0, 0.05) is 38.7 Å². The quantitative estimate of drug-likeness (QED) is 0.287. The number of fused-ring (bicyclic) bond motifs is 2. The SMILES string of the molecule is C=Cc1ccc(-c2cc3cc4sc(-c5ccc(C)s5)cc4cc3s2)s1. The van der Waals surface area contributed by atoms with Crippen molar-refractivity contribution in [3.63, 3.8) is 0 Å². The van der Waals surface area contributed by atoms with Crippen LogP contribution in [0.25, 0.3) is 45.8 Å². The minimum Gasteiger partial charge on any atom is -0.140 e. The Morgan fingerprint density at radius 1 is 0.680 bits per heavy atom. The molecule has 0 aliphatic heterocycles. The maximum Gasteiger partial charge on any atom is 0.0455 e. The van der Waals surface area contributed by atoms with Gasteiger partial charge in [0.2, 0.25) is 0 Å². The zero-order chi connectivity index (χ0) is 17.0. The topological polar surface area (TPSA) is 0 Å². The van der Waals surface area contributed by atoms with E-state index < -0.39 is 0 Å². The molecule has 0 atom stereocenters. The molecule has 5 rings (SSSR count). The normalized spacial score (nSPS) is 11.6. The van der Waals surface area contributed by atoms with Crippen LogP contribution in [0.3, 0.4) is 0 Å². The van der Waals surface area contributed by atoms with E-state index in [1.165, 1.54) is 49.4 Å². The summed E-state index contributed by atoms with van der Waals surface area (Å²) in [7, 11) is 0. The molecule has 4 heterocycles. The Balaban J connectivity index is 1.62. The minimum atomic E-state index is 1.23. The first kappa shape index (κ1) is 15.5. The number of thiophene rings is 4. The third-order valence-corrected chi connectivity index (χ3v) is 8.88. The molecule has 4 aromatic heterocycles. The van der Waals surface area contributed by atoms with Crippen molar-refractivity contribution in [2.45, 2.75) is 6.92 Å². The first-order valence-corrected chi connectivity index (χ1v) is 11.2. The molecule has 0 bridgehead atoms. The molecular weight excluding hydrogens is 380 g/mol. The monoisotopic (exact) mass is 394 g/mol. The summed E-state index contributed by atoms with van der Waals surface area (Å²) in [6.07, 6.45) is 1.92. The van der Waals surface area contributed by atoms with E-state index >= 15 is 0 Å². The smallest absolute Gasteiger partial charge is 0.0455 e. The lowest BCUT2D eigenvalue weighted by Crippen LogP contribution is -1.62. The number of aryl methyl sites for hydroxylation is 1. The Morgan fingerprint density at radius 3 is 1.80 bits per heavy atom. The molecule has 0 nitrogen and oxygen atoms in total. The first-order valence-electron chi connectivity index (χ1n) is 7.96. The summed E-state index contributed by atoms with van der Waals surface area (Å²) >= 11 is 7.46. The highest BCUT2D eigenvalue weighted by atomic mass is 32.1. The van der Waals surface area contributed by atoms with Crippen molar-refractivity contribution in [2.75, 3.05) is 0 Å². The standard InChI is InChI=1S/C21H14S4/c1-3-15-5-7-17(23-15)21-11-14-9-18-13(8-19(14)25-21)10-20(24-18)16-6-4-12(2)22-16/h3-11H,1H2,2H3. The van der Waals surface area contributed by atoms with Crippen molar-refractivity contribution < 1.29 is 0 Å². The highest BCUT2D eigenvalue weighted by Gasteiger charge is 2.11. The average Bonchev–Trinajstić information content (AvgIpc) is 3.36. The number of hydrogen-bond donors (Lipinski definition) is 0. The largest absolute Gasteiger partial charge is 0.140 e. The molecule has 0 aliphatic rings. The van der Waals surface area contributed by atoms with E-state index in [1.807, 2.05) is 40.1 Å². The fraction of sp³-hybridized carbons (Fsp3) is 0.0476. The van der Waals surface area contributed by atoms with Crippen LogP contribution in [0.5, 0.6) is 0 Å². The average molecular weight is 395 g/mol. The molecule has 122 valence electrons. The Hall–Kier alpha value is -1.72. The van der Waals surface area contributed by atoms with Crippen molar-refractivity contribution >= 4 is 71.6 Å². The highest BCUT2D eigenvalue weighted by molar-refractivity contribution is 7.27. The molecule has 0 saturated carbocycles. The second-order valence-corrected chi connectivity index (χ2v) is 10.5. The van der Waals surface area contributed by atoms with E-state index in [0.717, 1.165) is 0 Å². The fourth-order valence-electron chi connectivity index (χ4n) is 2.98. The summed E-state index contributed by atoms with van der Waals surface area (Å²) in [4.78, 5) is 8.02. The summed E-state index contributed by atoms with van der Waals surface area (Å²) in [5.74, 6) is 0. The van der Waals surface area contributed by atoms with Crippen molar-refractivity contribution in [1.29, 1.82) is 0 Å². The first-order chi connectivity index (χ1) is 12.2. The molecule has 1 aromatic carbocycles. The van der Waals surface area contributed by atoms with E-state index in [0.29, 0.717) is 0 Å². The van der Waals surface area contributed by atoms with Gasteiger partial charge < -0.3 is 0 Å². The second-order valence-electron chi connectivity index (χ2n) is 5.97. The summed E-state index contributed by atoms with van der Waals surface area (Å²) in [5, 5.41) is 2.70. The Kier molecular flexibility index (Phi) is 3.68. The molecule has 0 amide bonds. The van der Waals surface area contributed by atoms with Crippen LogP contribution in [0.15, 0.2) is 55.1 Å². The molecule has 0 fully saturated rings. The molecule has 0 spiro atoms. The van der Waals surface area contributed by atoms with Gasteiger partial charge in [-0.05, 0) is 66.2 Å². The van der Waals surface area contributed by atoms with Crippen LogP contribution < -0.4 is 0 Å².